The molecule has 0 saturated carbocycles. The van der Waals surface area contributed by atoms with Crippen molar-refractivity contribution in [2.24, 2.45) is 5.73 Å². The maximum Gasteiger partial charge on any atom is 0.338 e. The van der Waals surface area contributed by atoms with Crippen LogP contribution in [0.15, 0.2) is 65.3 Å². The lowest BCUT2D eigenvalue weighted by Gasteiger charge is -2.27. The maximum atomic E-state index is 12.7. The molecule has 1 aliphatic heterocycles. The molecule has 0 bridgehead atoms. The first kappa shape index (κ1) is 23.0. The molecular formula is C24H23ClN2O5. The van der Waals surface area contributed by atoms with Crippen LogP contribution >= 0.6 is 11.6 Å². The van der Waals surface area contributed by atoms with Crippen molar-refractivity contribution in [1.29, 1.82) is 5.26 Å². The Morgan fingerprint density at radius 1 is 1.22 bits per heavy atom. The largest absolute Gasteiger partial charge is 0.493 e. The van der Waals surface area contributed by atoms with Crippen molar-refractivity contribution < 1.29 is 23.7 Å². The number of rotatable bonds is 7. The van der Waals surface area contributed by atoms with Crippen molar-refractivity contribution in [1.82, 2.24) is 0 Å². The van der Waals surface area contributed by atoms with Crippen molar-refractivity contribution in [2.45, 2.75) is 26.4 Å². The van der Waals surface area contributed by atoms with Crippen LogP contribution < -0.4 is 15.2 Å². The number of ether oxygens (including phenoxy) is 4. The molecular weight excluding hydrogens is 432 g/mol. The Morgan fingerprint density at radius 3 is 2.56 bits per heavy atom. The van der Waals surface area contributed by atoms with Gasteiger partial charge in [0, 0.05) is 5.02 Å². The third kappa shape index (κ3) is 4.82. The van der Waals surface area contributed by atoms with Crippen molar-refractivity contribution >= 4 is 17.6 Å². The van der Waals surface area contributed by atoms with Gasteiger partial charge in [0.2, 0.25) is 5.88 Å². The zero-order chi connectivity index (χ0) is 23.3. The fourth-order valence-electron chi connectivity index (χ4n) is 3.41. The van der Waals surface area contributed by atoms with Gasteiger partial charge >= 0.3 is 5.97 Å². The minimum absolute atomic E-state index is 0.0509. The number of nitrogens with two attached hydrogens (primary N) is 1. The van der Waals surface area contributed by atoms with Crippen LogP contribution in [0.5, 0.6) is 11.5 Å². The third-order valence-electron chi connectivity index (χ3n) is 4.93. The molecule has 0 saturated heterocycles. The number of nitriles is 1. The van der Waals surface area contributed by atoms with E-state index in [1.165, 1.54) is 7.11 Å². The molecule has 7 nitrogen and oxygen atoms in total. The van der Waals surface area contributed by atoms with Crippen molar-refractivity contribution in [3.8, 4) is 17.6 Å². The average molecular weight is 455 g/mol. The normalized spacial score (nSPS) is 15.7. The fourth-order valence-corrected chi connectivity index (χ4v) is 3.54. The highest BCUT2D eigenvalue weighted by Gasteiger charge is 2.36. The molecule has 1 unspecified atom stereocenters. The van der Waals surface area contributed by atoms with Crippen LogP contribution in [0.4, 0.5) is 0 Å². The van der Waals surface area contributed by atoms with Gasteiger partial charge in [-0.15, -0.1) is 0 Å². The van der Waals surface area contributed by atoms with Gasteiger partial charge in [-0.05, 0) is 49.2 Å². The Morgan fingerprint density at radius 2 is 1.94 bits per heavy atom. The molecule has 1 atom stereocenters. The monoisotopic (exact) mass is 454 g/mol. The van der Waals surface area contributed by atoms with Gasteiger partial charge in [0.25, 0.3) is 0 Å². The van der Waals surface area contributed by atoms with E-state index >= 15 is 0 Å². The number of benzene rings is 2. The molecule has 166 valence electrons. The van der Waals surface area contributed by atoms with E-state index in [4.69, 9.17) is 36.3 Å². The number of allylic oxidation sites excluding steroid dienone is 2. The Labute approximate surface area is 191 Å². The van der Waals surface area contributed by atoms with Gasteiger partial charge < -0.3 is 24.7 Å². The highest BCUT2D eigenvalue weighted by molar-refractivity contribution is 6.30. The summed E-state index contributed by atoms with van der Waals surface area (Å²) in [6.45, 7) is 3.82. The number of hydrogen-bond acceptors (Lipinski definition) is 7. The van der Waals surface area contributed by atoms with E-state index in [9.17, 15) is 10.1 Å². The lowest BCUT2D eigenvalue weighted by molar-refractivity contribution is -0.139. The number of esters is 1. The number of carbonyl (C=O) groups excluding carboxylic acids is 1. The summed E-state index contributed by atoms with van der Waals surface area (Å²) in [7, 11) is 1.51. The SMILES string of the molecule is CCOC(=O)C1=C(C)OC(N)=C(C#N)C1c1ccc(OCc2ccc(Cl)cc2)c(OC)c1. The second-order valence-electron chi connectivity index (χ2n) is 6.94. The van der Waals surface area contributed by atoms with Gasteiger partial charge in [-0.25, -0.2) is 4.79 Å². The molecule has 0 aromatic heterocycles. The quantitative estimate of drug-likeness (QED) is 0.611. The minimum atomic E-state index is -0.757. The summed E-state index contributed by atoms with van der Waals surface area (Å²) in [6, 6.07) is 14.6. The van der Waals surface area contributed by atoms with Gasteiger partial charge in [0.15, 0.2) is 11.5 Å². The molecule has 0 aliphatic carbocycles. The predicted octanol–water partition coefficient (Wildman–Crippen LogP) is 4.57. The van der Waals surface area contributed by atoms with Gasteiger partial charge in [-0.1, -0.05) is 29.8 Å². The van der Waals surface area contributed by atoms with E-state index in [-0.39, 0.29) is 29.4 Å². The molecule has 0 amide bonds. The van der Waals surface area contributed by atoms with Gasteiger partial charge in [-0.2, -0.15) is 5.26 Å². The van der Waals surface area contributed by atoms with Crippen molar-refractivity contribution in [3.05, 3.63) is 81.4 Å². The van der Waals surface area contributed by atoms with Crippen LogP contribution in [0.1, 0.15) is 30.9 Å². The summed E-state index contributed by atoms with van der Waals surface area (Å²) < 4.78 is 22.1. The second-order valence-corrected chi connectivity index (χ2v) is 7.38. The lowest BCUT2D eigenvalue weighted by Crippen LogP contribution is -2.25. The Bertz CT molecular complexity index is 1120. The fraction of sp³-hybridized carbons (Fsp3) is 0.250. The second kappa shape index (κ2) is 10.1. The number of carbonyl (C=O) groups is 1. The zero-order valence-corrected chi connectivity index (χ0v) is 18.7. The smallest absolute Gasteiger partial charge is 0.338 e. The van der Waals surface area contributed by atoms with Crippen molar-refractivity contribution in [2.75, 3.05) is 13.7 Å². The molecule has 0 fully saturated rings. The standard InChI is InChI=1S/C24H23ClN2O5/c1-4-30-24(28)21-14(2)32-23(27)18(12-26)22(21)16-7-10-19(20(11-16)29-3)31-13-15-5-8-17(25)9-6-15/h5-11,22H,4,13,27H2,1-3H3. The van der Waals surface area contributed by atoms with E-state index in [0.717, 1.165) is 5.56 Å². The van der Waals surface area contributed by atoms with Crippen LogP contribution in [-0.2, 0) is 20.9 Å². The van der Waals surface area contributed by atoms with Gasteiger partial charge in [0.05, 0.1) is 25.2 Å². The van der Waals surface area contributed by atoms with Crippen LogP contribution in [0, 0.1) is 11.3 Å². The first-order chi connectivity index (χ1) is 15.4. The Kier molecular flexibility index (Phi) is 7.29. The van der Waals surface area contributed by atoms with Crippen LogP contribution in [0.25, 0.3) is 0 Å². The topological polar surface area (TPSA) is 104 Å². The van der Waals surface area contributed by atoms with Gasteiger partial charge in [-0.3, -0.25) is 0 Å². The molecule has 8 heteroatoms. The third-order valence-corrected chi connectivity index (χ3v) is 5.18. The molecule has 2 N–H and O–H groups in total. The summed E-state index contributed by atoms with van der Waals surface area (Å²) in [6.07, 6.45) is 0. The summed E-state index contributed by atoms with van der Waals surface area (Å²) >= 11 is 5.92. The minimum Gasteiger partial charge on any atom is -0.493 e. The Balaban J connectivity index is 1.97. The summed E-state index contributed by atoms with van der Waals surface area (Å²) in [5.74, 6) is -0.145. The summed E-state index contributed by atoms with van der Waals surface area (Å²) in [4.78, 5) is 12.7. The summed E-state index contributed by atoms with van der Waals surface area (Å²) in [5.41, 5.74) is 7.85. The van der Waals surface area contributed by atoms with E-state index in [1.54, 1.807) is 44.2 Å². The van der Waals surface area contributed by atoms with Gasteiger partial charge in [0.1, 0.15) is 24.0 Å². The van der Waals surface area contributed by atoms with Crippen LogP contribution in [0.2, 0.25) is 5.02 Å². The lowest BCUT2D eigenvalue weighted by atomic mass is 9.83. The molecule has 0 spiro atoms. The highest BCUT2D eigenvalue weighted by atomic mass is 35.5. The summed E-state index contributed by atoms with van der Waals surface area (Å²) in [5, 5.41) is 10.4. The zero-order valence-electron chi connectivity index (χ0n) is 18.0. The van der Waals surface area contributed by atoms with E-state index in [0.29, 0.717) is 28.7 Å². The van der Waals surface area contributed by atoms with E-state index in [1.807, 2.05) is 12.1 Å². The van der Waals surface area contributed by atoms with E-state index < -0.39 is 11.9 Å². The molecule has 1 aliphatic rings. The van der Waals surface area contributed by atoms with Crippen molar-refractivity contribution in [3.63, 3.8) is 0 Å². The number of halogens is 1. The molecule has 0 radical (unpaired) electrons. The number of nitrogens with zero attached hydrogens (tertiary/aromatic N) is 1. The van der Waals surface area contributed by atoms with Crippen LogP contribution in [0.3, 0.4) is 0 Å². The predicted molar refractivity (Wildman–Crippen MR) is 119 cm³/mol. The van der Waals surface area contributed by atoms with Crippen LogP contribution in [-0.4, -0.2) is 19.7 Å². The first-order valence-electron chi connectivity index (χ1n) is 9.90. The molecule has 1 heterocycles. The number of methoxy groups -OCH3 is 1. The highest BCUT2D eigenvalue weighted by Crippen LogP contribution is 2.42. The molecule has 2 aromatic rings. The molecule has 32 heavy (non-hydrogen) atoms. The first-order valence-corrected chi connectivity index (χ1v) is 10.3. The van der Waals surface area contributed by atoms with E-state index in [2.05, 4.69) is 6.07 Å². The molecule has 3 rings (SSSR count). The number of hydrogen-bond donors (Lipinski definition) is 1. The maximum absolute atomic E-state index is 12.7. The average Bonchev–Trinajstić information content (AvgIpc) is 2.78. The Hall–Kier alpha value is -3.63. The molecule has 2 aromatic carbocycles.